The third-order valence-electron chi connectivity index (χ3n) is 4.40. The molecule has 1 atom stereocenters. The Morgan fingerprint density at radius 1 is 1.24 bits per heavy atom. The highest BCUT2D eigenvalue weighted by Crippen LogP contribution is 2.30. The summed E-state index contributed by atoms with van der Waals surface area (Å²) in [5.74, 6) is -1.39. The number of allylic oxidation sites excluding steroid dienone is 4. The Morgan fingerprint density at radius 3 is 2.48 bits per heavy atom. The normalized spacial score (nSPS) is 13.9. The maximum absolute atomic E-state index is 13.2. The summed E-state index contributed by atoms with van der Waals surface area (Å²) in [7, 11) is 0. The molecule has 1 aromatic carbocycles. The van der Waals surface area contributed by atoms with Gasteiger partial charge in [-0.25, -0.2) is 4.39 Å². The van der Waals surface area contributed by atoms with Gasteiger partial charge in [-0.2, -0.15) is 36.6 Å². The Morgan fingerprint density at radius 2 is 1.94 bits per heavy atom. The average Bonchev–Trinajstić information content (AvgIpc) is 3.19. The molecule has 0 aliphatic carbocycles. The third-order valence-corrected chi connectivity index (χ3v) is 4.40. The second-order valence-corrected chi connectivity index (χ2v) is 7.02. The van der Waals surface area contributed by atoms with E-state index in [4.69, 9.17) is 9.78 Å². The molecule has 2 rings (SSSR count). The van der Waals surface area contributed by atoms with Gasteiger partial charge in [-0.15, -0.1) is 0 Å². The van der Waals surface area contributed by atoms with Crippen LogP contribution in [0.4, 0.5) is 36.4 Å². The van der Waals surface area contributed by atoms with Crippen LogP contribution in [0.1, 0.15) is 42.6 Å². The smallest absolute Gasteiger partial charge is 0.355 e. The number of alkyl halides is 7. The summed E-state index contributed by atoms with van der Waals surface area (Å²) >= 11 is 0. The molecule has 1 unspecified atom stereocenters. The number of rotatable bonds is 8. The number of anilines is 1. The molecule has 0 bridgehead atoms. The van der Waals surface area contributed by atoms with Crippen LogP contribution in [0, 0.1) is 11.3 Å². The van der Waals surface area contributed by atoms with Crippen molar-refractivity contribution in [1.29, 1.82) is 5.26 Å². The molecule has 0 spiro atoms. The van der Waals surface area contributed by atoms with E-state index in [-0.39, 0.29) is 28.5 Å². The van der Waals surface area contributed by atoms with Crippen LogP contribution in [0.2, 0.25) is 0 Å². The minimum absolute atomic E-state index is 0.0164. The Bertz CT molecular complexity index is 1050. The van der Waals surface area contributed by atoms with Gasteiger partial charge in [-0.1, -0.05) is 30.3 Å². The molecular weight excluding hydrogens is 457 g/mol. The molecule has 0 radical (unpaired) electrons. The lowest BCUT2D eigenvalue weighted by Gasteiger charge is -2.25. The first-order chi connectivity index (χ1) is 15.4. The number of halogens is 7. The fraction of sp³-hybridized carbons (Fsp3) is 0.381. The van der Waals surface area contributed by atoms with E-state index >= 15 is 0 Å². The van der Waals surface area contributed by atoms with Gasteiger partial charge < -0.3 is 9.42 Å². The molecule has 0 aliphatic heterocycles. The first kappa shape index (κ1) is 25.9. The van der Waals surface area contributed by atoms with Crippen LogP contribution in [-0.4, -0.2) is 29.0 Å². The van der Waals surface area contributed by atoms with E-state index in [1.807, 2.05) is 0 Å². The van der Waals surface area contributed by atoms with Crippen molar-refractivity contribution in [3.63, 3.8) is 0 Å². The van der Waals surface area contributed by atoms with E-state index in [1.165, 1.54) is 32.1 Å². The Labute approximate surface area is 184 Å². The summed E-state index contributed by atoms with van der Waals surface area (Å²) in [6.07, 6.45) is -6.31. The fourth-order valence-corrected chi connectivity index (χ4v) is 2.90. The largest absolute Gasteiger partial charge is 0.416 e. The van der Waals surface area contributed by atoms with Crippen molar-refractivity contribution in [2.75, 3.05) is 11.4 Å². The van der Waals surface area contributed by atoms with Crippen LogP contribution in [0.5, 0.6) is 0 Å². The van der Waals surface area contributed by atoms with Gasteiger partial charge in [0.1, 0.15) is 13.2 Å². The predicted molar refractivity (Wildman–Crippen MR) is 105 cm³/mol. The molecule has 0 amide bonds. The standard InChI is InChI=1S/C21H19F7N4O/c1-3-4-16(21(26,27)28)7-13(2)19-30-18(31-33-19)11-32(12-20(23,24)25)17-6-5-14(10-29)15(8-17)9-22/h3-8,13H,9,11-12H2,1-2H3/b4-3-,16-7+. The van der Waals surface area contributed by atoms with E-state index in [0.29, 0.717) is 0 Å². The van der Waals surface area contributed by atoms with E-state index in [0.717, 1.165) is 23.1 Å². The number of hydrogen-bond donors (Lipinski definition) is 0. The highest BCUT2D eigenvalue weighted by atomic mass is 19.4. The first-order valence-electron chi connectivity index (χ1n) is 9.52. The molecule has 0 aliphatic rings. The van der Waals surface area contributed by atoms with E-state index in [1.54, 1.807) is 6.07 Å². The van der Waals surface area contributed by atoms with Gasteiger partial charge in [0, 0.05) is 11.3 Å². The minimum atomic E-state index is -4.64. The third kappa shape index (κ3) is 7.34. The van der Waals surface area contributed by atoms with E-state index in [9.17, 15) is 30.7 Å². The summed E-state index contributed by atoms with van der Waals surface area (Å²) in [6, 6.07) is 5.29. The summed E-state index contributed by atoms with van der Waals surface area (Å²) in [5, 5.41) is 12.6. The molecule has 0 fully saturated rings. The molecule has 0 N–H and O–H groups in total. The summed E-state index contributed by atoms with van der Waals surface area (Å²) in [4.78, 5) is 4.73. The van der Waals surface area contributed by atoms with Gasteiger partial charge >= 0.3 is 12.4 Å². The van der Waals surface area contributed by atoms with Crippen LogP contribution in [0.25, 0.3) is 0 Å². The van der Waals surface area contributed by atoms with Crippen molar-refractivity contribution in [1.82, 2.24) is 10.1 Å². The van der Waals surface area contributed by atoms with Gasteiger partial charge in [-0.05, 0) is 25.1 Å². The summed E-state index contributed by atoms with van der Waals surface area (Å²) in [5.41, 5.74) is -1.08. The van der Waals surface area contributed by atoms with Gasteiger partial charge in [0.2, 0.25) is 5.89 Å². The molecule has 33 heavy (non-hydrogen) atoms. The molecule has 0 saturated carbocycles. The topological polar surface area (TPSA) is 66.0 Å². The van der Waals surface area contributed by atoms with Gasteiger partial charge in [-0.3, -0.25) is 0 Å². The van der Waals surface area contributed by atoms with Crippen molar-refractivity contribution in [3.05, 3.63) is 64.8 Å². The lowest BCUT2D eigenvalue weighted by Crippen LogP contribution is -2.34. The Kier molecular flexibility index (Phi) is 8.24. The second-order valence-electron chi connectivity index (χ2n) is 7.02. The molecule has 1 heterocycles. The molecule has 0 saturated heterocycles. The van der Waals surface area contributed by atoms with Crippen LogP contribution in [0.3, 0.4) is 0 Å². The fourth-order valence-electron chi connectivity index (χ4n) is 2.90. The number of aromatic nitrogens is 2. The quantitative estimate of drug-likeness (QED) is 0.338. The van der Waals surface area contributed by atoms with Gasteiger partial charge in [0.15, 0.2) is 5.82 Å². The number of benzene rings is 1. The first-order valence-corrected chi connectivity index (χ1v) is 9.52. The molecular formula is C21H19F7N4O. The molecule has 5 nitrogen and oxygen atoms in total. The highest BCUT2D eigenvalue weighted by molar-refractivity contribution is 5.54. The maximum atomic E-state index is 13.2. The van der Waals surface area contributed by atoms with Gasteiger partial charge in [0.05, 0.1) is 29.7 Å². The Hall–Kier alpha value is -3.36. The summed E-state index contributed by atoms with van der Waals surface area (Å²) in [6.45, 7) is -0.224. The van der Waals surface area contributed by atoms with Crippen LogP contribution in [0.15, 0.2) is 46.5 Å². The van der Waals surface area contributed by atoms with Crippen LogP contribution < -0.4 is 4.90 Å². The minimum Gasteiger partial charge on any atom is -0.355 e. The van der Waals surface area contributed by atoms with E-state index in [2.05, 4.69) is 10.1 Å². The lowest BCUT2D eigenvalue weighted by atomic mass is 10.1. The highest BCUT2D eigenvalue weighted by Gasteiger charge is 2.33. The van der Waals surface area contributed by atoms with Crippen molar-refractivity contribution in [2.24, 2.45) is 0 Å². The van der Waals surface area contributed by atoms with Crippen molar-refractivity contribution >= 4 is 5.69 Å². The average molecular weight is 476 g/mol. The Balaban J connectivity index is 2.33. The van der Waals surface area contributed by atoms with Crippen LogP contribution >= 0.6 is 0 Å². The predicted octanol–water partition coefficient (Wildman–Crippen LogP) is 6.15. The molecule has 1 aromatic heterocycles. The zero-order chi connectivity index (χ0) is 24.8. The number of hydrogen-bond acceptors (Lipinski definition) is 5. The van der Waals surface area contributed by atoms with Crippen molar-refractivity contribution in [2.45, 2.75) is 45.3 Å². The van der Waals surface area contributed by atoms with Crippen LogP contribution in [-0.2, 0) is 13.2 Å². The lowest BCUT2D eigenvalue weighted by molar-refractivity contribution is -0.120. The van der Waals surface area contributed by atoms with Gasteiger partial charge in [0.25, 0.3) is 0 Å². The zero-order valence-corrected chi connectivity index (χ0v) is 17.5. The van der Waals surface area contributed by atoms with E-state index < -0.39 is 43.6 Å². The SMILES string of the molecule is C/C=C\C(=C/C(C)c1nc(CN(CC(F)(F)F)c2ccc(C#N)c(CF)c2)no1)C(F)(F)F. The molecule has 2 aromatic rings. The summed E-state index contributed by atoms with van der Waals surface area (Å²) < 4.78 is 96.8. The molecule has 178 valence electrons. The zero-order valence-electron chi connectivity index (χ0n) is 17.5. The second kappa shape index (κ2) is 10.5. The monoisotopic (exact) mass is 476 g/mol. The van der Waals surface area contributed by atoms with Crippen molar-refractivity contribution < 1.29 is 35.3 Å². The van der Waals surface area contributed by atoms with Crippen molar-refractivity contribution in [3.8, 4) is 6.07 Å². The number of nitrogens with zero attached hydrogens (tertiary/aromatic N) is 4. The maximum Gasteiger partial charge on any atom is 0.416 e. The molecule has 12 heteroatoms. The number of nitriles is 1.